The molecule has 0 aliphatic heterocycles. The van der Waals surface area contributed by atoms with E-state index < -0.39 is 0 Å². The van der Waals surface area contributed by atoms with Crippen LogP contribution in [-0.2, 0) is 4.79 Å². The highest BCUT2D eigenvalue weighted by Gasteiger charge is 2.51. The van der Waals surface area contributed by atoms with Crippen LogP contribution in [0.15, 0.2) is 48.1 Å². The zero-order chi connectivity index (χ0) is 22.1. The van der Waals surface area contributed by atoms with Crippen LogP contribution in [0.5, 0.6) is 0 Å². The minimum atomic E-state index is -0.215. The minimum absolute atomic E-state index is 0.0328. The van der Waals surface area contributed by atoms with E-state index in [2.05, 4.69) is 39.6 Å². The quantitative estimate of drug-likeness (QED) is 0.444. The van der Waals surface area contributed by atoms with E-state index in [1.54, 1.807) is 6.08 Å². The van der Waals surface area contributed by atoms with Crippen molar-refractivity contribution >= 4 is 11.6 Å². The number of aryl methyl sites for hydroxylation is 1. The first-order valence-electron chi connectivity index (χ1n) is 11.5. The molecule has 2 aliphatic carbocycles. The van der Waals surface area contributed by atoms with Crippen molar-refractivity contribution in [3.05, 3.63) is 53.6 Å². The fraction of sp³-hybridized carbons (Fsp3) is 0.593. The molecule has 1 amide bonds. The van der Waals surface area contributed by atoms with Gasteiger partial charge in [-0.05, 0) is 87.2 Å². The second-order valence-corrected chi connectivity index (χ2v) is 10.4. The van der Waals surface area contributed by atoms with Crippen LogP contribution in [0.3, 0.4) is 0 Å². The van der Waals surface area contributed by atoms with Crippen molar-refractivity contribution in [2.75, 3.05) is 5.32 Å². The first kappa shape index (κ1) is 22.8. The molecule has 3 rings (SSSR count). The summed E-state index contributed by atoms with van der Waals surface area (Å²) >= 11 is 0. The van der Waals surface area contributed by atoms with Gasteiger partial charge in [-0.2, -0.15) is 0 Å². The second kappa shape index (κ2) is 9.09. The molecule has 2 N–H and O–H groups in total. The van der Waals surface area contributed by atoms with E-state index in [1.165, 1.54) is 11.1 Å². The predicted molar refractivity (Wildman–Crippen MR) is 125 cm³/mol. The molecule has 0 spiro atoms. The Labute approximate surface area is 182 Å². The number of hydrogen-bond donors (Lipinski definition) is 2. The van der Waals surface area contributed by atoms with Gasteiger partial charge in [0.2, 0.25) is 5.91 Å². The lowest BCUT2D eigenvalue weighted by molar-refractivity contribution is -0.112. The first-order valence-corrected chi connectivity index (χ1v) is 11.5. The van der Waals surface area contributed by atoms with Crippen LogP contribution in [0.2, 0.25) is 0 Å². The summed E-state index contributed by atoms with van der Waals surface area (Å²) in [7, 11) is 0. The van der Waals surface area contributed by atoms with Crippen LogP contribution in [0.4, 0.5) is 5.69 Å². The van der Waals surface area contributed by atoms with E-state index in [-0.39, 0.29) is 17.4 Å². The topological polar surface area (TPSA) is 49.3 Å². The molecule has 0 bridgehead atoms. The predicted octanol–water partition coefficient (Wildman–Crippen LogP) is 6.29. The molecule has 0 saturated heterocycles. The van der Waals surface area contributed by atoms with Crippen molar-refractivity contribution in [1.29, 1.82) is 0 Å². The minimum Gasteiger partial charge on any atom is -0.393 e. The van der Waals surface area contributed by atoms with E-state index in [1.807, 2.05) is 31.2 Å². The molecule has 0 radical (unpaired) electrons. The fourth-order valence-electron chi connectivity index (χ4n) is 5.88. The summed E-state index contributed by atoms with van der Waals surface area (Å²) in [5, 5.41) is 13.6. The van der Waals surface area contributed by atoms with Crippen molar-refractivity contribution in [3.63, 3.8) is 0 Å². The molecular formula is C27H39NO2. The van der Waals surface area contributed by atoms with Gasteiger partial charge in [-0.1, -0.05) is 56.2 Å². The number of aliphatic hydroxyl groups is 1. The molecule has 0 heterocycles. The Morgan fingerprint density at radius 2 is 1.97 bits per heavy atom. The van der Waals surface area contributed by atoms with Crippen molar-refractivity contribution in [1.82, 2.24) is 0 Å². The van der Waals surface area contributed by atoms with Crippen molar-refractivity contribution in [3.8, 4) is 0 Å². The number of carbonyl (C=O) groups excluding carboxylic acids is 1. The fourth-order valence-corrected chi connectivity index (χ4v) is 5.88. The molecule has 0 aromatic heterocycles. The summed E-state index contributed by atoms with van der Waals surface area (Å²) in [6.07, 6.45) is 6.55. The van der Waals surface area contributed by atoms with Gasteiger partial charge in [0.25, 0.3) is 0 Å². The lowest BCUT2D eigenvalue weighted by atomic mass is 9.50. The Kier molecular flexibility index (Phi) is 6.91. The third-order valence-corrected chi connectivity index (χ3v) is 7.84. The number of amides is 1. The van der Waals surface area contributed by atoms with Crippen LogP contribution in [0.25, 0.3) is 0 Å². The Bertz CT molecular complexity index is 805. The number of hydrogen-bond acceptors (Lipinski definition) is 2. The highest BCUT2D eigenvalue weighted by atomic mass is 16.3. The van der Waals surface area contributed by atoms with E-state index >= 15 is 0 Å². The molecule has 1 aromatic carbocycles. The second-order valence-electron chi connectivity index (χ2n) is 10.4. The Morgan fingerprint density at radius 1 is 1.30 bits per heavy atom. The number of carbonyl (C=O) groups is 1. The monoisotopic (exact) mass is 409 g/mol. The number of allylic oxidation sites excluding steroid dienone is 2. The number of rotatable bonds is 5. The van der Waals surface area contributed by atoms with Gasteiger partial charge in [0.15, 0.2) is 0 Å². The molecule has 5 atom stereocenters. The summed E-state index contributed by atoms with van der Waals surface area (Å²) in [4.78, 5) is 12.4. The van der Waals surface area contributed by atoms with Gasteiger partial charge in [-0.25, -0.2) is 0 Å². The molecular weight excluding hydrogens is 370 g/mol. The molecule has 2 fully saturated rings. The maximum atomic E-state index is 12.4. The summed E-state index contributed by atoms with van der Waals surface area (Å²) in [6.45, 7) is 15.3. The van der Waals surface area contributed by atoms with Crippen molar-refractivity contribution < 1.29 is 9.90 Å². The number of anilines is 1. The van der Waals surface area contributed by atoms with Gasteiger partial charge in [0.05, 0.1) is 6.10 Å². The van der Waals surface area contributed by atoms with E-state index in [0.717, 1.165) is 43.4 Å². The largest absolute Gasteiger partial charge is 0.393 e. The average Bonchev–Trinajstić information content (AvgIpc) is 2.67. The van der Waals surface area contributed by atoms with Crippen LogP contribution >= 0.6 is 0 Å². The van der Waals surface area contributed by atoms with Crippen LogP contribution in [0.1, 0.15) is 65.4 Å². The van der Waals surface area contributed by atoms with Crippen LogP contribution in [-0.4, -0.2) is 17.1 Å². The lowest BCUT2D eigenvalue weighted by Crippen LogP contribution is -2.52. The highest BCUT2D eigenvalue weighted by Crippen LogP contribution is 2.56. The number of benzene rings is 1. The van der Waals surface area contributed by atoms with Gasteiger partial charge in [-0.15, -0.1) is 0 Å². The average molecular weight is 410 g/mol. The van der Waals surface area contributed by atoms with Gasteiger partial charge in [0.1, 0.15) is 0 Å². The van der Waals surface area contributed by atoms with Gasteiger partial charge in [-0.3, -0.25) is 4.79 Å². The maximum absolute atomic E-state index is 12.4. The summed E-state index contributed by atoms with van der Waals surface area (Å²) in [5.41, 5.74) is 4.45. The lowest BCUT2D eigenvalue weighted by Gasteiger charge is -2.55. The zero-order valence-corrected chi connectivity index (χ0v) is 19.4. The standard InChI is InChI=1S/C27H39NO2/c1-17-7-11-21(12-8-17)28-25(30)15-18(2)9-13-22-19(3)10-14-23-26(22)20(4)16-24(29)27(23,5)6/h7-8,11-12,15,20,22-24,26,29H,3,9-10,13-14,16H2,1-2,4-6H3,(H,28,30)/b18-15+. The van der Waals surface area contributed by atoms with E-state index in [4.69, 9.17) is 0 Å². The van der Waals surface area contributed by atoms with Crippen LogP contribution in [0, 0.1) is 36.0 Å². The Balaban J connectivity index is 1.64. The van der Waals surface area contributed by atoms with Gasteiger partial charge in [0, 0.05) is 11.8 Å². The smallest absolute Gasteiger partial charge is 0.248 e. The normalized spacial score (nSPS) is 31.2. The highest BCUT2D eigenvalue weighted by molar-refractivity contribution is 5.99. The molecule has 5 unspecified atom stereocenters. The maximum Gasteiger partial charge on any atom is 0.248 e. The molecule has 2 saturated carbocycles. The first-order chi connectivity index (χ1) is 14.1. The molecule has 3 heteroatoms. The van der Waals surface area contributed by atoms with Gasteiger partial charge < -0.3 is 10.4 Å². The van der Waals surface area contributed by atoms with Crippen molar-refractivity contribution in [2.24, 2.45) is 29.1 Å². The van der Waals surface area contributed by atoms with Crippen molar-refractivity contribution in [2.45, 2.75) is 72.8 Å². The SMILES string of the molecule is C=C1CCC2C(C(C)CC(O)C2(C)C)C1CC/C(C)=C/C(=O)Nc1ccc(C)cc1. The summed E-state index contributed by atoms with van der Waals surface area (Å²) < 4.78 is 0. The molecule has 30 heavy (non-hydrogen) atoms. The Hall–Kier alpha value is -1.87. The zero-order valence-electron chi connectivity index (χ0n) is 19.4. The summed E-state index contributed by atoms with van der Waals surface area (Å²) in [5.74, 6) is 2.05. The molecule has 3 nitrogen and oxygen atoms in total. The molecule has 164 valence electrons. The number of nitrogens with one attached hydrogen (secondary N) is 1. The third kappa shape index (κ3) is 4.88. The molecule has 2 aliphatic rings. The van der Waals surface area contributed by atoms with E-state index in [9.17, 15) is 9.90 Å². The number of aliphatic hydroxyl groups excluding tert-OH is 1. The number of fused-ring (bicyclic) bond motifs is 1. The summed E-state index contributed by atoms with van der Waals surface area (Å²) in [6, 6.07) is 7.87. The Morgan fingerprint density at radius 3 is 2.63 bits per heavy atom. The molecule has 1 aromatic rings. The van der Waals surface area contributed by atoms with Crippen LogP contribution < -0.4 is 5.32 Å². The van der Waals surface area contributed by atoms with Gasteiger partial charge >= 0.3 is 0 Å². The third-order valence-electron chi connectivity index (χ3n) is 7.84. The van der Waals surface area contributed by atoms with E-state index in [0.29, 0.717) is 23.7 Å².